The quantitative estimate of drug-likeness (QED) is 0.756. The fraction of sp³-hybridized carbons (Fsp3) is 0.600. The lowest BCUT2D eigenvalue weighted by molar-refractivity contribution is 0.558. The van der Waals surface area contributed by atoms with Gasteiger partial charge in [0.2, 0.25) is 0 Å². The monoisotopic (exact) mass is 198 g/mol. The normalized spacial score (nSPS) is 13.2. The molecule has 0 spiro atoms. The van der Waals surface area contributed by atoms with Crippen molar-refractivity contribution in [1.29, 1.82) is 0 Å². The third kappa shape index (κ3) is 3.10. The van der Waals surface area contributed by atoms with Crippen molar-refractivity contribution in [3.63, 3.8) is 0 Å². The third-order valence-corrected chi connectivity index (χ3v) is 3.15. The second-order valence-corrected chi connectivity index (χ2v) is 4.24. The van der Waals surface area contributed by atoms with Gasteiger partial charge in [-0.15, -0.1) is 11.3 Å². The Balaban J connectivity index is 2.44. The van der Waals surface area contributed by atoms with E-state index < -0.39 is 0 Å². The molecule has 0 fully saturated rings. The number of aryl methyl sites for hydroxylation is 1. The van der Waals surface area contributed by atoms with E-state index in [1.54, 1.807) is 0 Å². The van der Waals surface area contributed by atoms with E-state index in [-0.39, 0.29) is 0 Å². The van der Waals surface area contributed by atoms with E-state index in [4.69, 9.17) is 5.73 Å². The van der Waals surface area contributed by atoms with Crippen LogP contribution >= 0.6 is 11.3 Å². The fourth-order valence-electron chi connectivity index (χ4n) is 1.19. The Morgan fingerprint density at radius 2 is 2.38 bits per heavy atom. The molecule has 0 radical (unpaired) electrons. The molecule has 0 aliphatic carbocycles. The average molecular weight is 198 g/mol. The van der Waals surface area contributed by atoms with Gasteiger partial charge in [0.25, 0.3) is 0 Å². The summed E-state index contributed by atoms with van der Waals surface area (Å²) in [6.45, 7) is 5.96. The second kappa shape index (κ2) is 5.37. The van der Waals surface area contributed by atoms with Gasteiger partial charge in [0, 0.05) is 24.0 Å². The van der Waals surface area contributed by atoms with Gasteiger partial charge in [0.15, 0.2) is 0 Å². The summed E-state index contributed by atoms with van der Waals surface area (Å²) >= 11 is 1.82. The number of rotatable bonds is 5. The molecule has 1 aromatic rings. The summed E-state index contributed by atoms with van der Waals surface area (Å²) in [7, 11) is 0. The summed E-state index contributed by atoms with van der Waals surface area (Å²) in [6, 6.07) is 2.61. The van der Waals surface area contributed by atoms with Crippen LogP contribution in [0.1, 0.15) is 24.3 Å². The van der Waals surface area contributed by atoms with Crippen molar-refractivity contribution in [3.8, 4) is 0 Å². The minimum atomic E-state index is 0.409. The van der Waals surface area contributed by atoms with E-state index in [9.17, 15) is 0 Å². The van der Waals surface area contributed by atoms with E-state index in [1.165, 1.54) is 10.4 Å². The van der Waals surface area contributed by atoms with Crippen LogP contribution in [0.5, 0.6) is 0 Å². The van der Waals surface area contributed by atoms with Gasteiger partial charge in [-0.05, 0) is 30.4 Å². The minimum absolute atomic E-state index is 0.409. The van der Waals surface area contributed by atoms with Gasteiger partial charge in [-0.2, -0.15) is 0 Å². The van der Waals surface area contributed by atoms with Gasteiger partial charge in [0.1, 0.15) is 0 Å². The van der Waals surface area contributed by atoms with Crippen LogP contribution in [-0.4, -0.2) is 12.6 Å². The zero-order valence-corrected chi connectivity index (χ0v) is 9.16. The molecule has 0 aliphatic rings. The molecule has 0 amide bonds. The fourth-order valence-corrected chi connectivity index (χ4v) is 2.11. The van der Waals surface area contributed by atoms with Crippen molar-refractivity contribution in [1.82, 2.24) is 5.32 Å². The molecule has 0 bridgehead atoms. The zero-order chi connectivity index (χ0) is 9.68. The lowest BCUT2D eigenvalue weighted by atomic mass is 10.2. The van der Waals surface area contributed by atoms with E-state index in [2.05, 4.69) is 30.6 Å². The topological polar surface area (TPSA) is 38.0 Å². The second-order valence-electron chi connectivity index (χ2n) is 3.24. The van der Waals surface area contributed by atoms with Crippen molar-refractivity contribution in [3.05, 3.63) is 21.9 Å². The van der Waals surface area contributed by atoms with Crippen molar-refractivity contribution in [2.75, 3.05) is 6.54 Å². The summed E-state index contributed by atoms with van der Waals surface area (Å²) in [5.41, 5.74) is 6.98. The summed E-state index contributed by atoms with van der Waals surface area (Å²) in [4.78, 5) is 1.45. The Morgan fingerprint density at radius 1 is 1.62 bits per heavy atom. The maximum atomic E-state index is 5.52. The maximum Gasteiger partial charge on any atom is 0.0305 e. The van der Waals surface area contributed by atoms with E-state index >= 15 is 0 Å². The molecule has 74 valence electrons. The molecule has 13 heavy (non-hydrogen) atoms. The van der Waals surface area contributed by atoms with Crippen LogP contribution in [0.2, 0.25) is 0 Å². The molecule has 1 aromatic heterocycles. The number of hydrogen-bond donors (Lipinski definition) is 2. The number of thiophene rings is 1. The number of nitrogens with two attached hydrogens (primary N) is 1. The smallest absolute Gasteiger partial charge is 0.0305 e. The van der Waals surface area contributed by atoms with Gasteiger partial charge in [-0.25, -0.2) is 0 Å². The van der Waals surface area contributed by atoms with Gasteiger partial charge < -0.3 is 11.1 Å². The molecule has 0 saturated carbocycles. The first-order valence-electron chi connectivity index (χ1n) is 4.76. The first-order valence-corrected chi connectivity index (χ1v) is 5.64. The molecule has 1 heterocycles. The van der Waals surface area contributed by atoms with Crippen molar-refractivity contribution < 1.29 is 0 Å². The van der Waals surface area contributed by atoms with E-state index in [1.807, 2.05) is 11.3 Å². The Hall–Kier alpha value is -0.380. The largest absolute Gasteiger partial charge is 0.329 e. The lowest BCUT2D eigenvalue weighted by Crippen LogP contribution is -2.32. The highest BCUT2D eigenvalue weighted by atomic mass is 32.1. The number of nitrogens with one attached hydrogen (secondary N) is 1. The summed E-state index contributed by atoms with van der Waals surface area (Å²) < 4.78 is 0. The molecular formula is C10H18N2S. The molecule has 3 N–H and O–H groups in total. The number of hydrogen-bond acceptors (Lipinski definition) is 3. The predicted octanol–water partition coefficient (Wildman–Crippen LogP) is 1.75. The molecule has 2 nitrogen and oxygen atoms in total. The summed E-state index contributed by atoms with van der Waals surface area (Å²) in [5, 5.41) is 5.55. The molecule has 0 unspecified atom stereocenters. The van der Waals surface area contributed by atoms with Gasteiger partial charge in [0.05, 0.1) is 0 Å². The van der Waals surface area contributed by atoms with Crippen LogP contribution in [0.15, 0.2) is 11.4 Å². The lowest BCUT2D eigenvalue weighted by Gasteiger charge is -2.10. The Labute approximate surface area is 84.2 Å². The van der Waals surface area contributed by atoms with Gasteiger partial charge >= 0.3 is 0 Å². The first kappa shape index (κ1) is 10.7. The van der Waals surface area contributed by atoms with Crippen LogP contribution in [0.25, 0.3) is 0 Å². The third-order valence-electron chi connectivity index (χ3n) is 2.18. The minimum Gasteiger partial charge on any atom is -0.329 e. The van der Waals surface area contributed by atoms with Gasteiger partial charge in [-0.1, -0.05) is 6.92 Å². The molecule has 1 rings (SSSR count). The highest BCUT2D eigenvalue weighted by Gasteiger charge is 2.03. The molecule has 1 atom stereocenters. The molecular weight excluding hydrogens is 180 g/mol. The Kier molecular flexibility index (Phi) is 4.42. The molecule has 0 aromatic carbocycles. The zero-order valence-electron chi connectivity index (χ0n) is 8.34. The van der Waals surface area contributed by atoms with Crippen molar-refractivity contribution in [2.24, 2.45) is 5.73 Å². The standard InChI is InChI=1S/C10H18N2S/c1-3-9-4-5-13-10(9)7-12-8(2)6-11/h4-5,8,12H,3,6-7,11H2,1-2H3/t8-/m0/s1. The Bertz CT molecular complexity index is 245. The van der Waals surface area contributed by atoms with Crippen LogP contribution in [-0.2, 0) is 13.0 Å². The molecule has 0 saturated heterocycles. The predicted molar refractivity (Wildman–Crippen MR) is 59.1 cm³/mol. The van der Waals surface area contributed by atoms with Crippen LogP contribution in [0, 0.1) is 0 Å². The van der Waals surface area contributed by atoms with Crippen molar-refractivity contribution in [2.45, 2.75) is 32.9 Å². The highest BCUT2D eigenvalue weighted by Crippen LogP contribution is 2.16. The van der Waals surface area contributed by atoms with Crippen LogP contribution < -0.4 is 11.1 Å². The SMILES string of the molecule is CCc1ccsc1CN[C@@H](C)CN. The van der Waals surface area contributed by atoms with Crippen molar-refractivity contribution >= 4 is 11.3 Å². The van der Waals surface area contributed by atoms with E-state index in [0.29, 0.717) is 12.6 Å². The first-order chi connectivity index (χ1) is 6.27. The maximum absolute atomic E-state index is 5.52. The molecule has 3 heteroatoms. The average Bonchev–Trinajstić information content (AvgIpc) is 2.61. The summed E-state index contributed by atoms with van der Waals surface area (Å²) in [6.07, 6.45) is 1.12. The highest BCUT2D eigenvalue weighted by molar-refractivity contribution is 7.10. The summed E-state index contributed by atoms with van der Waals surface area (Å²) in [5.74, 6) is 0. The molecule has 0 aliphatic heterocycles. The van der Waals surface area contributed by atoms with Crippen LogP contribution in [0.4, 0.5) is 0 Å². The Morgan fingerprint density at radius 3 is 3.00 bits per heavy atom. The van der Waals surface area contributed by atoms with Gasteiger partial charge in [-0.3, -0.25) is 0 Å². The van der Waals surface area contributed by atoms with E-state index in [0.717, 1.165) is 13.0 Å². The van der Waals surface area contributed by atoms with Crippen LogP contribution in [0.3, 0.4) is 0 Å².